The third-order valence-corrected chi connectivity index (χ3v) is 2.03. The van der Waals surface area contributed by atoms with E-state index in [-0.39, 0.29) is 11.9 Å². The molecule has 0 radical (unpaired) electrons. The van der Waals surface area contributed by atoms with Crippen LogP contribution in [0.25, 0.3) is 0 Å². The van der Waals surface area contributed by atoms with E-state index in [9.17, 15) is 5.11 Å². The Kier molecular flexibility index (Phi) is 3.14. The molecule has 3 nitrogen and oxygen atoms in total. The summed E-state index contributed by atoms with van der Waals surface area (Å²) >= 11 is 0. The number of ether oxygens (including phenoxy) is 2. The minimum atomic E-state index is 0.00880. The Hall–Kier alpha value is -1.22. The minimum Gasteiger partial charge on any atom is -0.504 e. The molecule has 0 aliphatic heterocycles. The Morgan fingerprint density at radius 2 is 2.00 bits per heavy atom. The maximum Gasteiger partial charge on any atom is 0.160 e. The van der Waals surface area contributed by atoms with Gasteiger partial charge in [-0.15, -0.1) is 0 Å². The van der Waals surface area contributed by atoms with E-state index in [1.165, 1.54) is 7.11 Å². The number of rotatable bonds is 3. The first kappa shape index (κ1) is 9.86. The molecule has 0 saturated carbocycles. The van der Waals surface area contributed by atoms with Crippen molar-refractivity contribution in [1.82, 2.24) is 0 Å². The molecule has 1 aromatic carbocycles. The monoisotopic (exact) mass is 182 g/mol. The minimum absolute atomic E-state index is 0.00880. The fourth-order valence-electron chi connectivity index (χ4n) is 1.08. The summed E-state index contributed by atoms with van der Waals surface area (Å²) in [5.41, 5.74) is 0.983. The first-order valence-corrected chi connectivity index (χ1v) is 4.08. The van der Waals surface area contributed by atoms with Gasteiger partial charge in [0.25, 0.3) is 0 Å². The lowest BCUT2D eigenvalue weighted by atomic mass is 10.1. The molecule has 1 aromatic rings. The lowest BCUT2D eigenvalue weighted by molar-refractivity contribution is 0.119. The molecule has 0 aliphatic carbocycles. The van der Waals surface area contributed by atoms with Crippen LogP contribution >= 0.6 is 0 Å². The summed E-state index contributed by atoms with van der Waals surface area (Å²) in [6.45, 7) is 1.94. The van der Waals surface area contributed by atoms with E-state index >= 15 is 0 Å². The Labute approximate surface area is 77.9 Å². The standard InChI is InChI=1S/C10H14O3/c1-7(12-2)8-4-5-9(11)10(6-8)13-3/h4-7,11H,1-3H3. The van der Waals surface area contributed by atoms with E-state index in [1.54, 1.807) is 19.2 Å². The highest BCUT2D eigenvalue weighted by atomic mass is 16.5. The van der Waals surface area contributed by atoms with Crippen LogP contribution in [-0.4, -0.2) is 19.3 Å². The van der Waals surface area contributed by atoms with Crippen LogP contribution < -0.4 is 4.74 Å². The van der Waals surface area contributed by atoms with Crippen molar-refractivity contribution in [3.05, 3.63) is 23.8 Å². The summed E-state index contributed by atoms with van der Waals surface area (Å²) in [4.78, 5) is 0. The average Bonchev–Trinajstić information content (AvgIpc) is 2.17. The van der Waals surface area contributed by atoms with Gasteiger partial charge in [0.05, 0.1) is 13.2 Å². The number of hydrogen-bond donors (Lipinski definition) is 1. The highest BCUT2D eigenvalue weighted by Gasteiger charge is 2.07. The van der Waals surface area contributed by atoms with Crippen LogP contribution in [0.4, 0.5) is 0 Å². The molecule has 0 aliphatic rings. The molecule has 72 valence electrons. The second-order valence-electron chi connectivity index (χ2n) is 2.81. The lowest BCUT2D eigenvalue weighted by Gasteiger charge is -2.11. The normalized spacial score (nSPS) is 12.5. The van der Waals surface area contributed by atoms with Gasteiger partial charge in [-0.25, -0.2) is 0 Å². The number of aromatic hydroxyl groups is 1. The van der Waals surface area contributed by atoms with Crippen LogP contribution in [0.2, 0.25) is 0 Å². The van der Waals surface area contributed by atoms with Crippen molar-refractivity contribution in [1.29, 1.82) is 0 Å². The maximum absolute atomic E-state index is 9.32. The zero-order valence-corrected chi connectivity index (χ0v) is 8.07. The quantitative estimate of drug-likeness (QED) is 0.778. The molecule has 1 atom stereocenters. The van der Waals surface area contributed by atoms with Crippen LogP contribution in [0.15, 0.2) is 18.2 Å². The first-order chi connectivity index (χ1) is 6.19. The van der Waals surface area contributed by atoms with Gasteiger partial charge >= 0.3 is 0 Å². The number of methoxy groups -OCH3 is 2. The molecule has 0 saturated heterocycles. The third-order valence-electron chi connectivity index (χ3n) is 2.03. The van der Waals surface area contributed by atoms with E-state index in [1.807, 2.05) is 13.0 Å². The van der Waals surface area contributed by atoms with Gasteiger partial charge in [0.1, 0.15) is 0 Å². The van der Waals surface area contributed by atoms with Crippen LogP contribution in [0.5, 0.6) is 11.5 Å². The molecule has 0 aromatic heterocycles. The van der Waals surface area contributed by atoms with Crippen molar-refractivity contribution in [3.8, 4) is 11.5 Å². The molecule has 0 bridgehead atoms. The average molecular weight is 182 g/mol. The lowest BCUT2D eigenvalue weighted by Crippen LogP contribution is -1.96. The molecule has 1 unspecified atom stereocenters. The van der Waals surface area contributed by atoms with Gasteiger partial charge in [-0.2, -0.15) is 0 Å². The Balaban J connectivity index is 2.99. The number of hydrogen-bond acceptors (Lipinski definition) is 3. The van der Waals surface area contributed by atoms with Gasteiger partial charge in [0.15, 0.2) is 11.5 Å². The van der Waals surface area contributed by atoms with E-state index in [2.05, 4.69) is 0 Å². The van der Waals surface area contributed by atoms with E-state index in [0.717, 1.165) is 5.56 Å². The molecule has 3 heteroatoms. The Morgan fingerprint density at radius 1 is 1.31 bits per heavy atom. The fourth-order valence-corrected chi connectivity index (χ4v) is 1.08. The molecular formula is C10H14O3. The number of phenols is 1. The fraction of sp³-hybridized carbons (Fsp3) is 0.400. The van der Waals surface area contributed by atoms with Crippen LogP contribution in [0.1, 0.15) is 18.6 Å². The van der Waals surface area contributed by atoms with Crippen molar-refractivity contribution in [2.24, 2.45) is 0 Å². The zero-order chi connectivity index (χ0) is 9.84. The van der Waals surface area contributed by atoms with E-state index in [4.69, 9.17) is 9.47 Å². The van der Waals surface area contributed by atoms with Crippen molar-refractivity contribution < 1.29 is 14.6 Å². The Bertz CT molecular complexity index is 283. The number of phenolic OH excluding ortho intramolecular Hbond substituents is 1. The molecule has 1 N–H and O–H groups in total. The van der Waals surface area contributed by atoms with Gasteiger partial charge in [-0.05, 0) is 24.6 Å². The highest BCUT2D eigenvalue weighted by Crippen LogP contribution is 2.29. The largest absolute Gasteiger partial charge is 0.504 e. The number of benzene rings is 1. The summed E-state index contributed by atoms with van der Waals surface area (Å²) < 4.78 is 10.1. The van der Waals surface area contributed by atoms with Gasteiger partial charge in [-0.3, -0.25) is 0 Å². The van der Waals surface area contributed by atoms with E-state index < -0.39 is 0 Å². The SMILES string of the molecule is COc1cc(C(C)OC)ccc1O. The smallest absolute Gasteiger partial charge is 0.160 e. The summed E-state index contributed by atoms with van der Waals surface area (Å²) in [6.07, 6.45) is 0.00880. The maximum atomic E-state index is 9.32. The summed E-state index contributed by atoms with van der Waals surface area (Å²) in [5, 5.41) is 9.32. The van der Waals surface area contributed by atoms with Gasteiger partial charge < -0.3 is 14.6 Å². The summed E-state index contributed by atoms with van der Waals surface area (Å²) in [5.74, 6) is 0.621. The van der Waals surface area contributed by atoms with Gasteiger partial charge in [-0.1, -0.05) is 6.07 Å². The molecule has 0 fully saturated rings. The first-order valence-electron chi connectivity index (χ1n) is 4.08. The summed E-state index contributed by atoms with van der Waals surface area (Å²) in [7, 11) is 3.17. The van der Waals surface area contributed by atoms with Crippen molar-refractivity contribution in [3.63, 3.8) is 0 Å². The topological polar surface area (TPSA) is 38.7 Å². The van der Waals surface area contributed by atoms with E-state index in [0.29, 0.717) is 5.75 Å². The predicted octanol–water partition coefficient (Wildman–Crippen LogP) is 2.11. The van der Waals surface area contributed by atoms with Crippen LogP contribution in [-0.2, 0) is 4.74 Å². The van der Waals surface area contributed by atoms with Crippen LogP contribution in [0, 0.1) is 0 Å². The van der Waals surface area contributed by atoms with Crippen molar-refractivity contribution in [2.75, 3.05) is 14.2 Å². The van der Waals surface area contributed by atoms with Crippen molar-refractivity contribution >= 4 is 0 Å². The molecule has 1 rings (SSSR count). The third kappa shape index (κ3) is 2.12. The molecular weight excluding hydrogens is 168 g/mol. The zero-order valence-electron chi connectivity index (χ0n) is 8.07. The van der Waals surface area contributed by atoms with Gasteiger partial charge in [0.2, 0.25) is 0 Å². The molecule has 0 spiro atoms. The predicted molar refractivity (Wildman–Crippen MR) is 50.1 cm³/mol. The second kappa shape index (κ2) is 4.14. The van der Waals surface area contributed by atoms with Crippen molar-refractivity contribution in [2.45, 2.75) is 13.0 Å². The second-order valence-corrected chi connectivity index (χ2v) is 2.81. The van der Waals surface area contributed by atoms with Crippen LogP contribution in [0.3, 0.4) is 0 Å². The highest BCUT2D eigenvalue weighted by molar-refractivity contribution is 5.42. The summed E-state index contributed by atoms with van der Waals surface area (Å²) in [6, 6.07) is 5.18. The molecule has 13 heavy (non-hydrogen) atoms. The van der Waals surface area contributed by atoms with Gasteiger partial charge in [0, 0.05) is 7.11 Å². The molecule has 0 amide bonds. The molecule has 0 heterocycles. The Morgan fingerprint density at radius 3 is 2.54 bits per heavy atom.